The van der Waals surface area contributed by atoms with E-state index < -0.39 is 0 Å². The molecule has 16 heavy (non-hydrogen) atoms. The summed E-state index contributed by atoms with van der Waals surface area (Å²) in [5.74, 6) is 0. The van der Waals surface area contributed by atoms with Crippen LogP contribution in [0.15, 0.2) is 18.6 Å². The summed E-state index contributed by atoms with van der Waals surface area (Å²) in [5, 5.41) is 2.26. The van der Waals surface area contributed by atoms with Crippen LogP contribution >= 0.6 is 0 Å². The predicted octanol–water partition coefficient (Wildman–Crippen LogP) is 0.290. The number of piperazine rings is 1. The number of hydrazine groups is 1. The summed E-state index contributed by atoms with van der Waals surface area (Å²) in [6.07, 6.45) is 5.25. The van der Waals surface area contributed by atoms with Gasteiger partial charge < -0.3 is 4.90 Å². The van der Waals surface area contributed by atoms with Crippen LogP contribution in [0.2, 0.25) is 0 Å². The molecule has 0 radical (unpaired) electrons. The second-order valence-electron chi connectivity index (χ2n) is 4.27. The van der Waals surface area contributed by atoms with E-state index in [9.17, 15) is 0 Å². The van der Waals surface area contributed by atoms with Crippen molar-refractivity contribution in [3.05, 3.63) is 24.3 Å². The van der Waals surface area contributed by atoms with Crippen LogP contribution in [-0.2, 0) is 0 Å². The molecule has 1 aromatic heterocycles. The van der Waals surface area contributed by atoms with E-state index in [4.69, 9.17) is 0 Å². The van der Waals surface area contributed by atoms with Crippen LogP contribution in [0.25, 0.3) is 0 Å². The van der Waals surface area contributed by atoms with E-state index in [1.165, 1.54) is 0 Å². The summed E-state index contributed by atoms with van der Waals surface area (Å²) in [5.41, 5.74) is 4.45. The highest BCUT2D eigenvalue weighted by Gasteiger charge is 2.16. The first-order valence-electron chi connectivity index (χ1n) is 5.71. The molecule has 2 rings (SSSR count). The Morgan fingerprint density at radius 3 is 2.62 bits per heavy atom. The van der Waals surface area contributed by atoms with Gasteiger partial charge in [-0.25, -0.2) is 10.4 Å². The molecule has 1 unspecified atom stereocenters. The van der Waals surface area contributed by atoms with Gasteiger partial charge in [0.25, 0.3) is 0 Å². The van der Waals surface area contributed by atoms with Crippen molar-refractivity contribution in [2.24, 2.45) is 0 Å². The Kier molecular flexibility index (Phi) is 3.82. The molecule has 0 saturated carbocycles. The molecule has 5 nitrogen and oxygen atoms in total. The van der Waals surface area contributed by atoms with Gasteiger partial charge in [-0.1, -0.05) is 0 Å². The normalized spacial score (nSPS) is 20.9. The van der Waals surface area contributed by atoms with Gasteiger partial charge in [-0.2, -0.15) is 0 Å². The fourth-order valence-corrected chi connectivity index (χ4v) is 1.81. The van der Waals surface area contributed by atoms with E-state index in [1.807, 2.05) is 6.20 Å². The minimum Gasteiger partial charge on any atom is -0.304 e. The molecule has 1 fully saturated rings. The van der Waals surface area contributed by atoms with Crippen LogP contribution < -0.4 is 5.43 Å². The molecule has 1 aromatic rings. The molecule has 0 bridgehead atoms. The molecule has 5 heteroatoms. The fraction of sp³-hybridized carbons (Fsp3) is 0.636. The van der Waals surface area contributed by atoms with Gasteiger partial charge in [-0.3, -0.25) is 9.97 Å². The van der Waals surface area contributed by atoms with E-state index in [1.54, 1.807) is 12.4 Å². The molecule has 1 N–H and O–H groups in total. The molecule has 1 saturated heterocycles. The van der Waals surface area contributed by atoms with E-state index in [2.05, 4.69) is 39.3 Å². The van der Waals surface area contributed by atoms with E-state index in [0.29, 0.717) is 0 Å². The second-order valence-corrected chi connectivity index (χ2v) is 4.27. The molecular weight excluding hydrogens is 202 g/mol. The molecular formula is C11H19N5. The molecule has 1 aliphatic heterocycles. The Morgan fingerprint density at radius 2 is 2.00 bits per heavy atom. The average Bonchev–Trinajstić information content (AvgIpc) is 2.33. The minimum absolute atomic E-state index is 0.220. The van der Waals surface area contributed by atoms with Gasteiger partial charge in [0.05, 0.1) is 17.9 Å². The van der Waals surface area contributed by atoms with Crippen LogP contribution in [0, 0.1) is 0 Å². The minimum atomic E-state index is 0.220. The summed E-state index contributed by atoms with van der Waals surface area (Å²) in [6, 6.07) is 0.220. The van der Waals surface area contributed by atoms with Gasteiger partial charge in [0.15, 0.2) is 0 Å². The Labute approximate surface area is 96.5 Å². The maximum Gasteiger partial charge on any atom is 0.0766 e. The van der Waals surface area contributed by atoms with Gasteiger partial charge in [0.1, 0.15) is 0 Å². The number of hydrogen-bond acceptors (Lipinski definition) is 5. The van der Waals surface area contributed by atoms with E-state index in [-0.39, 0.29) is 6.04 Å². The molecule has 1 aliphatic rings. The summed E-state index contributed by atoms with van der Waals surface area (Å²) in [4.78, 5) is 10.7. The quantitative estimate of drug-likeness (QED) is 0.795. The maximum absolute atomic E-state index is 4.30. The van der Waals surface area contributed by atoms with Crippen LogP contribution in [-0.4, -0.2) is 53.1 Å². The Bertz CT molecular complexity index is 307. The van der Waals surface area contributed by atoms with E-state index in [0.717, 1.165) is 31.9 Å². The van der Waals surface area contributed by atoms with Crippen molar-refractivity contribution in [3.8, 4) is 0 Å². The summed E-state index contributed by atoms with van der Waals surface area (Å²) in [7, 11) is 2.16. The van der Waals surface area contributed by atoms with Crippen LogP contribution in [0.1, 0.15) is 18.7 Å². The lowest BCUT2D eigenvalue weighted by atomic mass is 10.2. The smallest absolute Gasteiger partial charge is 0.0766 e. The third kappa shape index (κ3) is 2.98. The molecule has 88 valence electrons. The first-order valence-corrected chi connectivity index (χ1v) is 5.71. The SMILES string of the molecule is CC(NN1CCN(C)CC1)c1cnccn1. The lowest BCUT2D eigenvalue weighted by Gasteiger charge is -2.34. The first kappa shape index (κ1) is 11.4. The third-order valence-corrected chi connectivity index (χ3v) is 2.91. The van der Waals surface area contributed by atoms with Gasteiger partial charge in [-0.15, -0.1) is 0 Å². The fourth-order valence-electron chi connectivity index (χ4n) is 1.81. The molecule has 2 heterocycles. The third-order valence-electron chi connectivity index (χ3n) is 2.91. The highest BCUT2D eigenvalue weighted by molar-refractivity contribution is 5.00. The summed E-state index contributed by atoms with van der Waals surface area (Å²) in [6.45, 7) is 6.45. The molecule has 0 spiro atoms. The van der Waals surface area contributed by atoms with Crippen LogP contribution in [0.3, 0.4) is 0 Å². The van der Waals surface area contributed by atoms with Crippen LogP contribution in [0.5, 0.6) is 0 Å². The van der Waals surface area contributed by atoms with Gasteiger partial charge in [0.2, 0.25) is 0 Å². The Balaban J connectivity index is 1.86. The van der Waals surface area contributed by atoms with Gasteiger partial charge in [0, 0.05) is 38.6 Å². The Hall–Kier alpha value is -1.04. The molecule has 0 aromatic carbocycles. The summed E-state index contributed by atoms with van der Waals surface area (Å²) >= 11 is 0. The Morgan fingerprint density at radius 1 is 1.25 bits per heavy atom. The zero-order valence-corrected chi connectivity index (χ0v) is 9.93. The molecule has 0 amide bonds. The van der Waals surface area contributed by atoms with Crippen molar-refractivity contribution in [2.75, 3.05) is 33.2 Å². The first-order chi connectivity index (χ1) is 7.75. The number of hydrogen-bond donors (Lipinski definition) is 1. The average molecular weight is 221 g/mol. The second kappa shape index (κ2) is 5.34. The van der Waals surface area contributed by atoms with Crippen LogP contribution in [0.4, 0.5) is 0 Å². The van der Waals surface area contributed by atoms with Gasteiger partial charge in [-0.05, 0) is 14.0 Å². The number of rotatable bonds is 3. The van der Waals surface area contributed by atoms with E-state index >= 15 is 0 Å². The van der Waals surface area contributed by atoms with Gasteiger partial charge >= 0.3 is 0 Å². The van der Waals surface area contributed by atoms with Crippen molar-refractivity contribution in [1.82, 2.24) is 25.3 Å². The zero-order valence-electron chi connectivity index (χ0n) is 9.93. The molecule has 0 aliphatic carbocycles. The lowest BCUT2D eigenvalue weighted by Crippen LogP contribution is -2.51. The number of nitrogens with zero attached hydrogens (tertiary/aromatic N) is 4. The number of nitrogens with one attached hydrogen (secondary N) is 1. The standard InChI is InChI=1S/C11H19N5/c1-10(11-9-12-3-4-13-11)14-16-7-5-15(2)6-8-16/h3-4,9-10,14H,5-8H2,1-2H3. The monoisotopic (exact) mass is 221 g/mol. The number of aromatic nitrogens is 2. The largest absolute Gasteiger partial charge is 0.304 e. The highest BCUT2D eigenvalue weighted by Crippen LogP contribution is 2.08. The van der Waals surface area contributed by atoms with Crippen molar-refractivity contribution in [3.63, 3.8) is 0 Å². The highest BCUT2D eigenvalue weighted by atomic mass is 15.5. The molecule has 1 atom stereocenters. The topological polar surface area (TPSA) is 44.3 Å². The van der Waals surface area contributed by atoms with Crippen molar-refractivity contribution in [1.29, 1.82) is 0 Å². The zero-order chi connectivity index (χ0) is 11.4. The maximum atomic E-state index is 4.30. The summed E-state index contributed by atoms with van der Waals surface area (Å²) < 4.78 is 0. The van der Waals surface area contributed by atoms with Crippen molar-refractivity contribution < 1.29 is 0 Å². The lowest BCUT2D eigenvalue weighted by molar-refractivity contribution is 0.0891. The van der Waals surface area contributed by atoms with Crippen molar-refractivity contribution in [2.45, 2.75) is 13.0 Å². The van der Waals surface area contributed by atoms with Crippen molar-refractivity contribution >= 4 is 0 Å². The predicted molar refractivity (Wildman–Crippen MR) is 62.7 cm³/mol. The number of likely N-dealkylation sites (N-methyl/N-ethyl adjacent to an activating group) is 1.